The number of rotatable bonds is 4. The van der Waals surface area contributed by atoms with E-state index in [0.29, 0.717) is 24.0 Å². The van der Waals surface area contributed by atoms with Crippen LogP contribution in [0.2, 0.25) is 0 Å². The number of aliphatic hydroxyl groups excluding tert-OH is 1. The Bertz CT molecular complexity index is 915. The summed E-state index contributed by atoms with van der Waals surface area (Å²) in [4.78, 5) is 4.37. The zero-order chi connectivity index (χ0) is 18.3. The van der Waals surface area contributed by atoms with Gasteiger partial charge >= 0.3 is 0 Å². The molecule has 0 radical (unpaired) electrons. The fraction of sp³-hybridized carbons (Fsp3) is 0.400. The molecule has 0 amide bonds. The molecule has 3 heterocycles. The van der Waals surface area contributed by atoms with Crippen LogP contribution >= 0.6 is 0 Å². The van der Waals surface area contributed by atoms with Crippen LogP contribution in [-0.2, 0) is 12.0 Å². The van der Waals surface area contributed by atoms with E-state index < -0.39 is 6.10 Å². The second-order valence-corrected chi connectivity index (χ2v) is 7.29. The van der Waals surface area contributed by atoms with Crippen LogP contribution in [0.15, 0.2) is 51.6 Å². The van der Waals surface area contributed by atoms with Crippen molar-refractivity contribution in [1.82, 2.24) is 20.8 Å². The number of nitrogens with one attached hydrogen (secondary N) is 2. The number of fused-ring (bicyclic) bond motifs is 2. The lowest BCUT2D eigenvalue weighted by Gasteiger charge is -2.39. The Morgan fingerprint density at radius 1 is 1.19 bits per heavy atom. The van der Waals surface area contributed by atoms with Gasteiger partial charge in [0.25, 0.3) is 5.89 Å². The molecule has 2 aromatic heterocycles. The molecule has 1 aliphatic carbocycles. The third kappa shape index (κ3) is 2.70. The monoisotopic (exact) mass is 366 g/mol. The summed E-state index contributed by atoms with van der Waals surface area (Å²) in [6.07, 6.45) is 2.97. The largest absolute Gasteiger partial charge is 0.459 e. The van der Waals surface area contributed by atoms with Gasteiger partial charge in [-0.15, -0.1) is 0 Å². The molecule has 0 unspecified atom stereocenters. The van der Waals surface area contributed by atoms with Crippen molar-refractivity contribution >= 4 is 0 Å². The summed E-state index contributed by atoms with van der Waals surface area (Å²) in [6.45, 7) is 2.26. The van der Waals surface area contributed by atoms with E-state index in [2.05, 4.69) is 39.0 Å². The lowest BCUT2D eigenvalue weighted by Crippen LogP contribution is -2.47. The lowest BCUT2D eigenvalue weighted by molar-refractivity contribution is 0.0436. The van der Waals surface area contributed by atoms with E-state index in [1.807, 2.05) is 6.07 Å². The molecule has 2 atom stereocenters. The number of nitrogens with zero attached hydrogens (tertiary/aromatic N) is 2. The molecule has 1 aromatic carbocycles. The number of furan rings is 1. The number of hydrogen-bond donors (Lipinski definition) is 3. The Hall–Kier alpha value is -2.48. The van der Waals surface area contributed by atoms with E-state index in [1.165, 1.54) is 11.1 Å². The van der Waals surface area contributed by atoms with Crippen molar-refractivity contribution in [3.8, 4) is 11.7 Å². The maximum Gasteiger partial charge on any atom is 0.293 e. The summed E-state index contributed by atoms with van der Waals surface area (Å²) < 4.78 is 10.6. The van der Waals surface area contributed by atoms with E-state index in [9.17, 15) is 5.11 Å². The predicted molar refractivity (Wildman–Crippen MR) is 97.8 cm³/mol. The van der Waals surface area contributed by atoms with Crippen LogP contribution in [0.4, 0.5) is 0 Å². The maximum absolute atomic E-state index is 11.2. The Kier molecular flexibility index (Phi) is 4.07. The number of aliphatic hydroxyl groups is 1. The van der Waals surface area contributed by atoms with Gasteiger partial charge in [-0.2, -0.15) is 4.98 Å². The van der Waals surface area contributed by atoms with Gasteiger partial charge in [0, 0.05) is 5.41 Å². The molecule has 1 spiro atoms. The third-order valence-electron chi connectivity index (χ3n) is 5.89. The summed E-state index contributed by atoms with van der Waals surface area (Å²) in [6, 6.07) is 11.8. The second-order valence-electron chi connectivity index (χ2n) is 7.29. The summed E-state index contributed by atoms with van der Waals surface area (Å²) in [5, 5.41) is 22.1. The van der Waals surface area contributed by atoms with E-state index in [-0.39, 0.29) is 11.5 Å². The van der Waals surface area contributed by atoms with Crippen molar-refractivity contribution in [2.24, 2.45) is 0 Å². The highest BCUT2D eigenvalue weighted by Gasteiger charge is 2.51. The SMILES string of the molecule is O[C@H]1[C@H](NCc2noc(-c3ccco3)n2)c2ccccc2C12CCNCC2. The first-order chi connectivity index (χ1) is 13.3. The molecule has 3 aromatic rings. The van der Waals surface area contributed by atoms with Crippen LogP contribution in [0.25, 0.3) is 11.7 Å². The van der Waals surface area contributed by atoms with Crippen molar-refractivity contribution in [1.29, 1.82) is 0 Å². The number of hydrogen-bond acceptors (Lipinski definition) is 7. The molecule has 1 saturated heterocycles. The molecule has 3 N–H and O–H groups in total. The smallest absolute Gasteiger partial charge is 0.293 e. The average Bonchev–Trinajstić information content (AvgIpc) is 3.43. The summed E-state index contributed by atoms with van der Waals surface area (Å²) >= 11 is 0. The normalized spacial score (nSPS) is 23.6. The zero-order valence-corrected chi connectivity index (χ0v) is 14.9. The summed E-state index contributed by atoms with van der Waals surface area (Å²) in [7, 11) is 0. The quantitative estimate of drug-likeness (QED) is 0.651. The van der Waals surface area contributed by atoms with Crippen LogP contribution in [-0.4, -0.2) is 34.4 Å². The van der Waals surface area contributed by atoms with Gasteiger partial charge in [0.1, 0.15) is 0 Å². The van der Waals surface area contributed by atoms with Gasteiger partial charge in [0.2, 0.25) is 0 Å². The molecule has 27 heavy (non-hydrogen) atoms. The molecular formula is C20H22N4O3. The second kappa shape index (κ2) is 6.60. The van der Waals surface area contributed by atoms with Gasteiger partial charge in [0.05, 0.1) is 25.0 Å². The molecule has 7 nitrogen and oxygen atoms in total. The van der Waals surface area contributed by atoms with E-state index >= 15 is 0 Å². The van der Waals surface area contributed by atoms with E-state index in [4.69, 9.17) is 8.94 Å². The molecule has 0 saturated carbocycles. The molecule has 1 fully saturated rings. The summed E-state index contributed by atoms with van der Waals surface area (Å²) in [5.41, 5.74) is 2.25. The van der Waals surface area contributed by atoms with Gasteiger partial charge < -0.3 is 24.7 Å². The van der Waals surface area contributed by atoms with Crippen molar-refractivity contribution < 1.29 is 14.0 Å². The van der Waals surface area contributed by atoms with Crippen LogP contribution in [0, 0.1) is 0 Å². The van der Waals surface area contributed by atoms with Gasteiger partial charge in [-0.25, -0.2) is 0 Å². The Balaban J connectivity index is 1.37. The predicted octanol–water partition coefficient (Wildman–Crippen LogP) is 2.16. The van der Waals surface area contributed by atoms with Crippen molar-refractivity contribution in [2.45, 2.75) is 36.9 Å². The third-order valence-corrected chi connectivity index (χ3v) is 5.89. The topological polar surface area (TPSA) is 96.4 Å². The highest BCUT2D eigenvalue weighted by atomic mass is 16.5. The molecule has 0 bridgehead atoms. The van der Waals surface area contributed by atoms with Crippen molar-refractivity contribution in [3.05, 3.63) is 59.6 Å². The number of piperidine rings is 1. The molecule has 140 valence electrons. The minimum atomic E-state index is -0.478. The first-order valence-electron chi connectivity index (χ1n) is 9.36. The Morgan fingerprint density at radius 2 is 2.04 bits per heavy atom. The first kappa shape index (κ1) is 16.7. The van der Waals surface area contributed by atoms with E-state index in [1.54, 1.807) is 18.4 Å². The fourth-order valence-corrected chi connectivity index (χ4v) is 4.56. The lowest BCUT2D eigenvalue weighted by atomic mass is 9.72. The van der Waals surface area contributed by atoms with Crippen LogP contribution in [0.1, 0.15) is 35.8 Å². The van der Waals surface area contributed by atoms with Gasteiger partial charge in [-0.1, -0.05) is 29.4 Å². The first-order valence-corrected chi connectivity index (χ1v) is 9.36. The Morgan fingerprint density at radius 3 is 2.85 bits per heavy atom. The number of benzene rings is 1. The zero-order valence-electron chi connectivity index (χ0n) is 14.9. The highest BCUT2D eigenvalue weighted by Crippen LogP contribution is 2.50. The molecule has 5 rings (SSSR count). The molecule has 1 aliphatic heterocycles. The highest BCUT2D eigenvalue weighted by molar-refractivity contribution is 5.45. The maximum atomic E-state index is 11.2. The summed E-state index contributed by atoms with van der Waals surface area (Å²) in [5.74, 6) is 1.45. The molecule has 2 aliphatic rings. The van der Waals surface area contributed by atoms with Crippen molar-refractivity contribution in [3.63, 3.8) is 0 Å². The van der Waals surface area contributed by atoms with Gasteiger partial charge in [0.15, 0.2) is 11.6 Å². The average molecular weight is 366 g/mol. The number of aromatic nitrogens is 2. The van der Waals surface area contributed by atoms with Crippen LogP contribution < -0.4 is 10.6 Å². The van der Waals surface area contributed by atoms with Crippen LogP contribution in [0.5, 0.6) is 0 Å². The standard InChI is InChI=1S/C20H22N4O3/c25-18-17(22-12-16-23-19(27-24-16)15-6-3-11-26-15)13-4-1-2-5-14(13)20(18)7-9-21-10-8-20/h1-6,11,17-18,21-22,25H,7-10,12H2/t17-,18+/m1/s1. The minimum absolute atomic E-state index is 0.148. The minimum Gasteiger partial charge on any atom is -0.459 e. The Labute approximate surface area is 156 Å². The van der Waals surface area contributed by atoms with Gasteiger partial charge in [-0.05, 0) is 49.2 Å². The van der Waals surface area contributed by atoms with Crippen molar-refractivity contribution in [2.75, 3.05) is 13.1 Å². The molecule has 7 heteroatoms. The van der Waals surface area contributed by atoms with E-state index in [0.717, 1.165) is 25.9 Å². The molecular weight excluding hydrogens is 344 g/mol. The fourth-order valence-electron chi connectivity index (χ4n) is 4.56. The van der Waals surface area contributed by atoms with Crippen LogP contribution in [0.3, 0.4) is 0 Å². The van der Waals surface area contributed by atoms with Gasteiger partial charge in [-0.3, -0.25) is 0 Å².